The van der Waals surface area contributed by atoms with E-state index in [4.69, 9.17) is 14.0 Å². The van der Waals surface area contributed by atoms with Crippen molar-refractivity contribution in [1.29, 1.82) is 0 Å². The second kappa shape index (κ2) is 6.83. The van der Waals surface area contributed by atoms with Gasteiger partial charge in [0.25, 0.3) is 5.91 Å². The summed E-state index contributed by atoms with van der Waals surface area (Å²) in [6.07, 6.45) is 0. The monoisotopic (exact) mass is 316 g/mol. The van der Waals surface area contributed by atoms with Gasteiger partial charge < -0.3 is 18.9 Å². The minimum absolute atomic E-state index is 0.0103. The number of nitrogens with zero attached hydrogens (tertiary/aromatic N) is 2. The first-order valence-electron chi connectivity index (χ1n) is 7.67. The molecule has 1 saturated heterocycles. The van der Waals surface area contributed by atoms with Gasteiger partial charge in [-0.3, -0.25) is 4.79 Å². The van der Waals surface area contributed by atoms with Crippen LogP contribution in [0, 0.1) is 13.8 Å². The van der Waals surface area contributed by atoms with Gasteiger partial charge in [-0.2, -0.15) is 0 Å². The van der Waals surface area contributed by atoms with Crippen molar-refractivity contribution >= 4 is 5.91 Å². The number of amides is 1. The van der Waals surface area contributed by atoms with Gasteiger partial charge >= 0.3 is 0 Å². The van der Waals surface area contributed by atoms with E-state index in [2.05, 4.69) is 5.16 Å². The topological polar surface area (TPSA) is 64.8 Å². The molecule has 6 nitrogen and oxygen atoms in total. The predicted octanol–water partition coefficient (Wildman–Crippen LogP) is 2.34. The van der Waals surface area contributed by atoms with Crippen molar-refractivity contribution in [2.45, 2.75) is 20.5 Å². The Bertz CT molecular complexity index is 670. The van der Waals surface area contributed by atoms with Crippen LogP contribution in [0.1, 0.15) is 27.4 Å². The van der Waals surface area contributed by atoms with E-state index >= 15 is 0 Å². The lowest BCUT2D eigenvalue weighted by Gasteiger charge is -2.27. The Morgan fingerprint density at radius 2 is 2.09 bits per heavy atom. The smallest absolute Gasteiger partial charge is 0.254 e. The standard InChI is InChI=1S/C17H20N2O4/c1-12-16(13(2)23-18-12)11-22-15-5-3-4-14(10-15)17(20)19-6-8-21-9-7-19/h3-5,10H,6-9,11H2,1-2H3. The minimum Gasteiger partial charge on any atom is -0.489 e. The molecule has 122 valence electrons. The molecule has 0 bridgehead atoms. The number of rotatable bonds is 4. The van der Waals surface area contributed by atoms with Gasteiger partial charge in [-0.1, -0.05) is 11.2 Å². The van der Waals surface area contributed by atoms with Gasteiger partial charge in [-0.15, -0.1) is 0 Å². The zero-order chi connectivity index (χ0) is 16.2. The Labute approximate surface area is 135 Å². The van der Waals surface area contributed by atoms with Crippen molar-refractivity contribution in [1.82, 2.24) is 10.1 Å². The first-order valence-corrected chi connectivity index (χ1v) is 7.67. The fraction of sp³-hybridized carbons (Fsp3) is 0.412. The molecule has 0 N–H and O–H groups in total. The third-order valence-corrected chi connectivity index (χ3v) is 3.94. The maximum atomic E-state index is 12.5. The highest BCUT2D eigenvalue weighted by Crippen LogP contribution is 2.19. The molecule has 1 aromatic heterocycles. The maximum Gasteiger partial charge on any atom is 0.254 e. The SMILES string of the molecule is Cc1noc(C)c1COc1cccc(C(=O)N2CCOCC2)c1. The molecule has 23 heavy (non-hydrogen) atoms. The number of benzene rings is 1. The average molecular weight is 316 g/mol. The second-order valence-corrected chi connectivity index (χ2v) is 5.52. The van der Waals surface area contributed by atoms with Crippen LogP contribution >= 0.6 is 0 Å². The van der Waals surface area contributed by atoms with E-state index in [9.17, 15) is 4.79 Å². The third kappa shape index (κ3) is 3.53. The first-order chi connectivity index (χ1) is 11.1. The highest BCUT2D eigenvalue weighted by Gasteiger charge is 2.19. The minimum atomic E-state index is 0.0103. The molecule has 0 radical (unpaired) electrons. The lowest BCUT2D eigenvalue weighted by Crippen LogP contribution is -2.40. The molecule has 1 amide bonds. The number of carbonyl (C=O) groups excluding carboxylic acids is 1. The van der Waals surface area contributed by atoms with E-state index in [1.807, 2.05) is 26.0 Å². The Hall–Kier alpha value is -2.34. The van der Waals surface area contributed by atoms with Gasteiger partial charge in [-0.05, 0) is 32.0 Å². The van der Waals surface area contributed by atoms with Crippen LogP contribution in [0.25, 0.3) is 0 Å². The largest absolute Gasteiger partial charge is 0.489 e. The first kappa shape index (κ1) is 15.6. The van der Waals surface area contributed by atoms with Crippen molar-refractivity contribution < 1.29 is 18.8 Å². The van der Waals surface area contributed by atoms with Gasteiger partial charge in [0.1, 0.15) is 18.1 Å². The number of hydrogen-bond donors (Lipinski definition) is 0. The molecule has 1 aliphatic heterocycles. The van der Waals surface area contributed by atoms with Crippen molar-refractivity contribution in [2.24, 2.45) is 0 Å². The van der Waals surface area contributed by atoms with Crippen LogP contribution in [0.15, 0.2) is 28.8 Å². The Morgan fingerprint density at radius 3 is 2.78 bits per heavy atom. The third-order valence-electron chi connectivity index (χ3n) is 3.94. The number of aromatic nitrogens is 1. The van der Waals surface area contributed by atoms with Crippen molar-refractivity contribution in [3.63, 3.8) is 0 Å². The van der Waals surface area contributed by atoms with Crippen LogP contribution in [0.3, 0.4) is 0 Å². The molecule has 0 unspecified atom stereocenters. The molecule has 0 spiro atoms. The molecule has 1 fully saturated rings. The number of hydrogen-bond acceptors (Lipinski definition) is 5. The molecule has 0 aliphatic carbocycles. The summed E-state index contributed by atoms with van der Waals surface area (Å²) in [6.45, 7) is 6.55. The van der Waals surface area contributed by atoms with Crippen molar-refractivity contribution in [3.8, 4) is 5.75 Å². The van der Waals surface area contributed by atoms with Crippen molar-refractivity contribution in [2.75, 3.05) is 26.3 Å². The lowest BCUT2D eigenvalue weighted by molar-refractivity contribution is 0.0302. The maximum absolute atomic E-state index is 12.5. The molecule has 2 aromatic rings. The number of morpholine rings is 1. The summed E-state index contributed by atoms with van der Waals surface area (Å²) >= 11 is 0. The highest BCUT2D eigenvalue weighted by atomic mass is 16.5. The van der Waals surface area contributed by atoms with Gasteiger partial charge in [0, 0.05) is 18.7 Å². The number of carbonyl (C=O) groups is 1. The summed E-state index contributed by atoms with van der Waals surface area (Å²) in [5.41, 5.74) is 2.39. The summed E-state index contributed by atoms with van der Waals surface area (Å²) in [5.74, 6) is 1.42. The van der Waals surface area contributed by atoms with Crippen LogP contribution in [-0.4, -0.2) is 42.3 Å². The molecule has 0 saturated carbocycles. The van der Waals surface area contributed by atoms with E-state index in [1.165, 1.54) is 0 Å². The van der Waals surface area contributed by atoms with E-state index < -0.39 is 0 Å². The summed E-state index contributed by atoms with van der Waals surface area (Å²) < 4.78 is 16.2. The molecule has 1 aromatic carbocycles. The van der Waals surface area contributed by atoms with Gasteiger partial charge in [0.15, 0.2) is 0 Å². The molecule has 3 rings (SSSR count). The van der Waals surface area contributed by atoms with E-state index in [1.54, 1.807) is 17.0 Å². The molecule has 0 atom stereocenters. The quantitative estimate of drug-likeness (QED) is 0.866. The van der Waals surface area contributed by atoms with Crippen LogP contribution in [-0.2, 0) is 11.3 Å². The Morgan fingerprint density at radius 1 is 1.30 bits per heavy atom. The van der Waals surface area contributed by atoms with Gasteiger partial charge in [0.05, 0.1) is 24.5 Å². The van der Waals surface area contributed by atoms with Crippen molar-refractivity contribution in [3.05, 3.63) is 46.8 Å². The predicted molar refractivity (Wildman–Crippen MR) is 83.5 cm³/mol. The number of ether oxygens (including phenoxy) is 2. The summed E-state index contributed by atoms with van der Waals surface area (Å²) in [7, 11) is 0. The Balaban J connectivity index is 1.68. The second-order valence-electron chi connectivity index (χ2n) is 5.52. The average Bonchev–Trinajstić information content (AvgIpc) is 2.91. The molecule has 1 aliphatic rings. The van der Waals surface area contributed by atoms with Crippen LogP contribution in [0.4, 0.5) is 0 Å². The fourth-order valence-electron chi connectivity index (χ4n) is 2.53. The van der Waals surface area contributed by atoms with Crippen LogP contribution in [0.5, 0.6) is 5.75 Å². The van der Waals surface area contributed by atoms with Gasteiger partial charge in [0.2, 0.25) is 0 Å². The fourth-order valence-corrected chi connectivity index (χ4v) is 2.53. The summed E-state index contributed by atoms with van der Waals surface area (Å²) in [5, 5.41) is 3.91. The number of aryl methyl sites for hydroxylation is 2. The molecule has 2 heterocycles. The van der Waals surface area contributed by atoms with Crippen LogP contribution < -0.4 is 4.74 Å². The molecule has 6 heteroatoms. The van der Waals surface area contributed by atoms with Crippen LogP contribution in [0.2, 0.25) is 0 Å². The van der Waals surface area contributed by atoms with E-state index in [0.717, 1.165) is 17.0 Å². The molecular formula is C17H20N2O4. The Kier molecular flexibility index (Phi) is 4.62. The van der Waals surface area contributed by atoms with E-state index in [-0.39, 0.29) is 5.91 Å². The highest BCUT2D eigenvalue weighted by molar-refractivity contribution is 5.94. The lowest BCUT2D eigenvalue weighted by atomic mass is 10.1. The van der Waals surface area contributed by atoms with E-state index in [0.29, 0.717) is 44.2 Å². The zero-order valence-electron chi connectivity index (χ0n) is 13.4. The van der Waals surface area contributed by atoms with Gasteiger partial charge in [-0.25, -0.2) is 0 Å². The normalized spacial score (nSPS) is 14.8. The molecular weight excluding hydrogens is 296 g/mol. The summed E-state index contributed by atoms with van der Waals surface area (Å²) in [4.78, 5) is 14.3. The zero-order valence-corrected chi connectivity index (χ0v) is 13.4. The summed E-state index contributed by atoms with van der Waals surface area (Å²) in [6, 6.07) is 7.25.